The van der Waals surface area contributed by atoms with Crippen LogP contribution in [0.2, 0.25) is 0 Å². The summed E-state index contributed by atoms with van der Waals surface area (Å²) in [5.41, 5.74) is 3.96. The molecule has 5 rings (SSSR count). The van der Waals surface area contributed by atoms with E-state index in [0.29, 0.717) is 17.6 Å². The summed E-state index contributed by atoms with van der Waals surface area (Å²) in [6.07, 6.45) is 3.20. The second kappa shape index (κ2) is 11.8. The summed E-state index contributed by atoms with van der Waals surface area (Å²) in [6, 6.07) is 28.8. The highest BCUT2D eigenvalue weighted by molar-refractivity contribution is 7.89. The highest BCUT2D eigenvalue weighted by atomic mass is 35.5. The number of fused-ring (bicyclic) bond motifs is 1. The highest BCUT2D eigenvalue weighted by Gasteiger charge is 2.33. The molecule has 196 valence electrons. The van der Waals surface area contributed by atoms with Crippen molar-refractivity contribution in [3.63, 3.8) is 0 Å². The topological polar surface area (TPSA) is 63.1 Å². The molecule has 3 aromatic carbocycles. The zero-order valence-corrected chi connectivity index (χ0v) is 23.1. The predicted molar refractivity (Wildman–Crippen MR) is 154 cm³/mol. The summed E-state index contributed by atoms with van der Waals surface area (Å²) in [4.78, 5) is 0. The molecule has 37 heavy (non-hydrogen) atoms. The molecule has 1 fully saturated rings. The Kier molecular flexibility index (Phi) is 8.75. The molecule has 1 atom stereocenters. The van der Waals surface area contributed by atoms with Gasteiger partial charge in [0.1, 0.15) is 0 Å². The monoisotopic (exact) mass is 537 g/mol. The summed E-state index contributed by atoms with van der Waals surface area (Å²) in [5, 5.41) is 4.94. The van der Waals surface area contributed by atoms with E-state index in [9.17, 15) is 8.42 Å². The van der Waals surface area contributed by atoms with Gasteiger partial charge in [-0.3, -0.25) is 0 Å². The number of para-hydroxylation sites is 1. The van der Waals surface area contributed by atoms with Crippen LogP contribution in [0.1, 0.15) is 55.7 Å². The molecule has 0 saturated carbocycles. The van der Waals surface area contributed by atoms with Crippen molar-refractivity contribution in [1.82, 2.24) is 14.6 Å². The molecule has 7 heteroatoms. The number of hydrogen-bond acceptors (Lipinski definition) is 3. The first-order valence-electron chi connectivity index (χ1n) is 12.9. The van der Waals surface area contributed by atoms with Crippen molar-refractivity contribution in [3.05, 3.63) is 102 Å². The number of nitrogens with zero attached hydrogens (tertiary/aromatic N) is 1. The lowest BCUT2D eigenvalue weighted by atomic mass is 9.85. The quantitative estimate of drug-likeness (QED) is 0.272. The minimum Gasteiger partial charge on any atom is -0.330 e. The van der Waals surface area contributed by atoms with Gasteiger partial charge in [0.15, 0.2) is 5.03 Å². The summed E-state index contributed by atoms with van der Waals surface area (Å²) in [7, 11) is -3.80. The van der Waals surface area contributed by atoms with E-state index >= 15 is 0 Å². The van der Waals surface area contributed by atoms with Crippen LogP contribution in [0.15, 0.2) is 90.0 Å². The van der Waals surface area contributed by atoms with Crippen molar-refractivity contribution in [3.8, 4) is 0 Å². The molecule has 0 spiro atoms. The Balaban J connectivity index is 0.00000320. The fourth-order valence-electron chi connectivity index (χ4n) is 5.57. The van der Waals surface area contributed by atoms with Crippen molar-refractivity contribution in [2.45, 2.75) is 62.7 Å². The van der Waals surface area contributed by atoms with Crippen molar-refractivity contribution < 1.29 is 8.42 Å². The molecule has 1 aliphatic rings. The van der Waals surface area contributed by atoms with Crippen LogP contribution >= 0.6 is 12.4 Å². The van der Waals surface area contributed by atoms with E-state index < -0.39 is 10.0 Å². The van der Waals surface area contributed by atoms with Crippen molar-refractivity contribution in [2.75, 3.05) is 6.54 Å². The summed E-state index contributed by atoms with van der Waals surface area (Å²) in [5.74, 6) is -0.220. The van der Waals surface area contributed by atoms with Gasteiger partial charge in [0.2, 0.25) is 0 Å². The van der Waals surface area contributed by atoms with E-state index in [1.165, 1.54) is 6.42 Å². The lowest BCUT2D eigenvalue weighted by molar-refractivity contribution is 0.487. The van der Waals surface area contributed by atoms with Crippen LogP contribution in [-0.4, -0.2) is 31.6 Å². The maximum Gasteiger partial charge on any atom is 0.256 e. The Morgan fingerprint density at radius 3 is 2.08 bits per heavy atom. The SMILES string of the molecule is CC(C)NS(=O)(=O)c1c(C(c2ccccc2)c2ccccc2)c2ccccc2n1CCC1CCCN1.Cl. The standard InChI is InChI=1S/C30H35N3O2S.ClH/c1-22(2)32-36(34,35)30-29(28(23-12-5-3-6-13-23)24-14-7-4-8-15-24)26-17-9-10-18-27(26)33(30)21-19-25-16-11-20-31-25;/h3-10,12-15,17-18,22,25,28,31-32H,11,16,19-21H2,1-2H3;1H. The molecule has 1 aromatic heterocycles. The largest absolute Gasteiger partial charge is 0.330 e. The van der Waals surface area contributed by atoms with Crippen molar-refractivity contribution >= 4 is 33.3 Å². The fraction of sp³-hybridized carbons (Fsp3) is 0.333. The molecule has 0 amide bonds. The normalized spacial score (nSPS) is 15.9. The lowest BCUT2D eigenvalue weighted by Gasteiger charge is -2.22. The van der Waals surface area contributed by atoms with Crippen molar-refractivity contribution in [2.24, 2.45) is 0 Å². The maximum absolute atomic E-state index is 14.1. The smallest absolute Gasteiger partial charge is 0.256 e. The Hall–Kier alpha value is -2.64. The average molecular weight is 538 g/mol. The summed E-state index contributed by atoms with van der Waals surface area (Å²) >= 11 is 0. The van der Waals surface area contributed by atoms with Gasteiger partial charge in [-0.15, -0.1) is 12.4 Å². The van der Waals surface area contributed by atoms with Gasteiger partial charge in [0.05, 0.1) is 0 Å². The molecule has 0 aliphatic carbocycles. The molecule has 1 aliphatic heterocycles. The van der Waals surface area contributed by atoms with Crippen LogP contribution < -0.4 is 10.0 Å². The average Bonchev–Trinajstić information content (AvgIpc) is 3.50. The molecule has 1 unspecified atom stereocenters. The van der Waals surface area contributed by atoms with Crippen LogP contribution in [0.3, 0.4) is 0 Å². The van der Waals surface area contributed by atoms with Gasteiger partial charge in [-0.25, -0.2) is 13.1 Å². The van der Waals surface area contributed by atoms with Crippen LogP contribution in [-0.2, 0) is 16.6 Å². The number of aryl methyl sites for hydroxylation is 1. The van der Waals surface area contributed by atoms with Gasteiger partial charge >= 0.3 is 0 Å². The number of rotatable bonds is 9. The van der Waals surface area contributed by atoms with Gasteiger partial charge in [0.25, 0.3) is 10.0 Å². The first kappa shape index (κ1) is 27.4. The first-order chi connectivity index (χ1) is 17.5. The van der Waals surface area contributed by atoms with E-state index in [2.05, 4.69) is 46.4 Å². The van der Waals surface area contributed by atoms with Gasteiger partial charge in [-0.05, 0) is 56.8 Å². The van der Waals surface area contributed by atoms with Crippen LogP contribution in [0, 0.1) is 0 Å². The highest BCUT2D eigenvalue weighted by Crippen LogP contribution is 2.42. The zero-order chi connectivity index (χ0) is 25.1. The number of hydrogen-bond donors (Lipinski definition) is 2. The molecule has 0 bridgehead atoms. The van der Waals surface area contributed by atoms with E-state index in [1.807, 2.05) is 66.9 Å². The molecular weight excluding hydrogens is 502 g/mol. The lowest BCUT2D eigenvalue weighted by Crippen LogP contribution is -2.33. The molecular formula is C30H36ClN3O2S. The number of benzene rings is 3. The number of halogens is 1. The number of aromatic nitrogens is 1. The minimum absolute atomic E-state index is 0. The van der Waals surface area contributed by atoms with Gasteiger partial charge < -0.3 is 9.88 Å². The van der Waals surface area contributed by atoms with Crippen molar-refractivity contribution in [1.29, 1.82) is 0 Å². The molecule has 0 radical (unpaired) electrons. The van der Waals surface area contributed by atoms with E-state index in [-0.39, 0.29) is 24.4 Å². The van der Waals surface area contributed by atoms with Gasteiger partial charge in [-0.1, -0.05) is 78.9 Å². The Bertz CT molecular complexity index is 1370. The van der Waals surface area contributed by atoms with E-state index in [0.717, 1.165) is 47.0 Å². The minimum atomic E-state index is -3.80. The molecule has 4 aromatic rings. The molecule has 5 nitrogen and oxygen atoms in total. The first-order valence-corrected chi connectivity index (χ1v) is 14.4. The second-order valence-electron chi connectivity index (χ2n) is 10.00. The second-order valence-corrected chi connectivity index (χ2v) is 11.6. The van der Waals surface area contributed by atoms with Gasteiger partial charge in [-0.2, -0.15) is 0 Å². The van der Waals surface area contributed by atoms with Crippen LogP contribution in [0.5, 0.6) is 0 Å². The zero-order valence-electron chi connectivity index (χ0n) is 21.4. The van der Waals surface area contributed by atoms with Gasteiger partial charge in [0, 0.05) is 41.0 Å². The van der Waals surface area contributed by atoms with Crippen LogP contribution in [0.4, 0.5) is 0 Å². The number of sulfonamides is 1. The molecule has 2 N–H and O–H groups in total. The predicted octanol–water partition coefficient (Wildman–Crippen LogP) is 6.07. The van der Waals surface area contributed by atoms with E-state index in [4.69, 9.17) is 0 Å². The Morgan fingerprint density at radius 1 is 0.919 bits per heavy atom. The third-order valence-corrected chi connectivity index (χ3v) is 8.76. The van der Waals surface area contributed by atoms with E-state index in [1.54, 1.807) is 0 Å². The summed E-state index contributed by atoms with van der Waals surface area (Å²) in [6.45, 7) is 5.42. The Labute approximate surface area is 226 Å². The summed E-state index contributed by atoms with van der Waals surface area (Å²) < 4.78 is 33.1. The third kappa shape index (κ3) is 5.78. The van der Waals surface area contributed by atoms with Crippen LogP contribution in [0.25, 0.3) is 10.9 Å². The fourth-order valence-corrected chi connectivity index (χ4v) is 7.30. The number of nitrogens with one attached hydrogen (secondary N) is 2. The molecule has 1 saturated heterocycles. The molecule has 2 heterocycles. The third-order valence-electron chi connectivity index (χ3n) is 7.02. The maximum atomic E-state index is 14.1. The Morgan fingerprint density at radius 2 is 1.51 bits per heavy atom.